The number of nitrogens with one attached hydrogen (secondary N) is 1. The molecule has 0 aliphatic carbocycles. The second-order valence-electron chi connectivity index (χ2n) is 3.28. The lowest BCUT2D eigenvalue weighted by atomic mass is 10.3. The average Bonchev–Trinajstić information content (AvgIpc) is 2.61. The van der Waals surface area contributed by atoms with Gasteiger partial charge in [0.15, 0.2) is 5.15 Å². The van der Waals surface area contributed by atoms with E-state index in [0.717, 1.165) is 5.70 Å². The molecule has 5 heteroatoms. The van der Waals surface area contributed by atoms with Crippen LogP contribution in [0.4, 0.5) is 5.69 Å². The fourth-order valence-electron chi connectivity index (χ4n) is 1.19. The van der Waals surface area contributed by atoms with E-state index in [2.05, 4.69) is 17.0 Å². The van der Waals surface area contributed by atoms with Gasteiger partial charge in [0, 0.05) is 6.92 Å². The van der Waals surface area contributed by atoms with Crippen LogP contribution < -0.4 is 5.32 Å². The number of nitrogens with zero attached hydrogens (tertiary/aromatic N) is 2. The summed E-state index contributed by atoms with van der Waals surface area (Å²) in [7, 11) is 0. The van der Waals surface area contributed by atoms with E-state index in [0.29, 0.717) is 5.69 Å². The lowest BCUT2D eigenvalue weighted by Gasteiger charge is -1.99. The van der Waals surface area contributed by atoms with Crippen LogP contribution >= 0.6 is 11.6 Å². The second kappa shape index (κ2) is 6.06. The van der Waals surface area contributed by atoms with Crippen LogP contribution in [-0.4, -0.2) is 15.7 Å². The Kier molecular flexibility index (Phi) is 4.72. The zero-order valence-corrected chi connectivity index (χ0v) is 10.5. The highest BCUT2D eigenvalue weighted by Crippen LogP contribution is 2.21. The van der Waals surface area contributed by atoms with Gasteiger partial charge in [0.05, 0.1) is 17.6 Å². The Morgan fingerprint density at radius 1 is 1.65 bits per heavy atom. The normalized spacial score (nSPS) is 11.8. The highest BCUT2D eigenvalue weighted by molar-refractivity contribution is 6.32. The number of hydrogen-bond donors (Lipinski definition) is 1. The molecule has 0 unspecified atom stereocenters. The average molecular weight is 252 g/mol. The molecule has 0 spiro atoms. The van der Waals surface area contributed by atoms with Crippen LogP contribution in [0.2, 0.25) is 5.15 Å². The maximum Gasteiger partial charge on any atom is 0.221 e. The number of carbonyl (C=O) groups excluding carboxylic acids is 1. The van der Waals surface area contributed by atoms with E-state index in [1.807, 2.05) is 25.2 Å². The lowest BCUT2D eigenvalue weighted by molar-refractivity contribution is -0.114. The maximum atomic E-state index is 10.9. The molecule has 90 valence electrons. The molecule has 1 heterocycles. The summed E-state index contributed by atoms with van der Waals surface area (Å²) in [5, 5.41) is 6.92. The summed E-state index contributed by atoms with van der Waals surface area (Å²) in [6.07, 6.45) is 8.89. The van der Waals surface area contributed by atoms with Crippen molar-refractivity contribution >= 4 is 28.9 Å². The molecule has 0 aromatic carbocycles. The van der Waals surface area contributed by atoms with Crippen molar-refractivity contribution in [2.24, 2.45) is 0 Å². The zero-order chi connectivity index (χ0) is 12.8. The van der Waals surface area contributed by atoms with Crippen molar-refractivity contribution in [3.8, 4) is 0 Å². The molecule has 0 atom stereocenters. The molecule has 0 saturated heterocycles. The first kappa shape index (κ1) is 13.3. The monoisotopic (exact) mass is 251 g/mol. The van der Waals surface area contributed by atoms with E-state index in [-0.39, 0.29) is 11.1 Å². The summed E-state index contributed by atoms with van der Waals surface area (Å²) < 4.78 is 1.56. The SMILES string of the molecule is C=C/C(=C\C=C/C)n1cc(NC(C)=O)c(Cl)n1. The minimum absolute atomic E-state index is 0.191. The minimum atomic E-state index is -0.191. The maximum absolute atomic E-state index is 10.9. The van der Waals surface area contributed by atoms with E-state index >= 15 is 0 Å². The van der Waals surface area contributed by atoms with Crippen LogP contribution in [0.3, 0.4) is 0 Å². The molecular formula is C12H14ClN3O. The molecule has 0 aliphatic rings. The van der Waals surface area contributed by atoms with Crippen LogP contribution in [0, 0.1) is 0 Å². The van der Waals surface area contributed by atoms with Gasteiger partial charge in [-0.15, -0.1) is 0 Å². The minimum Gasteiger partial charge on any atom is -0.322 e. The highest BCUT2D eigenvalue weighted by atomic mass is 35.5. The lowest BCUT2D eigenvalue weighted by Crippen LogP contribution is -2.05. The van der Waals surface area contributed by atoms with Crippen molar-refractivity contribution in [3.05, 3.63) is 42.2 Å². The molecule has 0 bridgehead atoms. The Morgan fingerprint density at radius 3 is 2.88 bits per heavy atom. The molecule has 1 rings (SSSR count). The number of anilines is 1. The van der Waals surface area contributed by atoms with Gasteiger partial charge < -0.3 is 5.32 Å². The first-order valence-corrected chi connectivity index (χ1v) is 5.44. The standard InChI is InChI=1S/C12H14ClN3O/c1-4-6-7-10(5-2)16-8-11(12(13)15-16)14-9(3)17/h4-8H,2H2,1,3H3,(H,14,17)/b6-4-,10-7+. The van der Waals surface area contributed by atoms with E-state index in [1.165, 1.54) is 6.92 Å². The molecule has 1 N–H and O–H groups in total. The van der Waals surface area contributed by atoms with Crippen LogP contribution in [0.1, 0.15) is 13.8 Å². The Balaban J connectivity index is 3.06. The number of aromatic nitrogens is 2. The topological polar surface area (TPSA) is 46.9 Å². The van der Waals surface area contributed by atoms with Gasteiger partial charge in [0.2, 0.25) is 5.91 Å². The first-order valence-electron chi connectivity index (χ1n) is 5.07. The van der Waals surface area contributed by atoms with Gasteiger partial charge in [0.25, 0.3) is 0 Å². The van der Waals surface area contributed by atoms with Crippen molar-refractivity contribution in [2.75, 3.05) is 5.32 Å². The van der Waals surface area contributed by atoms with Crippen molar-refractivity contribution < 1.29 is 4.79 Å². The van der Waals surface area contributed by atoms with Gasteiger partial charge in [-0.2, -0.15) is 5.10 Å². The Labute approximate surface area is 105 Å². The van der Waals surface area contributed by atoms with Gasteiger partial charge in [-0.1, -0.05) is 30.3 Å². The summed E-state index contributed by atoms with van der Waals surface area (Å²) in [6, 6.07) is 0. The summed E-state index contributed by atoms with van der Waals surface area (Å²) in [5.74, 6) is -0.191. The molecule has 1 aromatic rings. The summed E-state index contributed by atoms with van der Waals surface area (Å²) in [4.78, 5) is 10.9. The van der Waals surface area contributed by atoms with Crippen molar-refractivity contribution in [1.82, 2.24) is 9.78 Å². The molecule has 1 amide bonds. The summed E-state index contributed by atoms with van der Waals surface area (Å²) in [5.41, 5.74) is 1.24. The zero-order valence-electron chi connectivity index (χ0n) is 9.77. The largest absolute Gasteiger partial charge is 0.322 e. The fraction of sp³-hybridized carbons (Fsp3) is 0.167. The van der Waals surface area contributed by atoms with Gasteiger partial charge in [-0.3, -0.25) is 4.79 Å². The quantitative estimate of drug-likeness (QED) is 0.836. The molecule has 0 radical (unpaired) electrons. The molecule has 17 heavy (non-hydrogen) atoms. The third-order valence-electron chi connectivity index (χ3n) is 1.91. The highest BCUT2D eigenvalue weighted by Gasteiger charge is 2.08. The predicted molar refractivity (Wildman–Crippen MR) is 70.8 cm³/mol. The number of allylic oxidation sites excluding steroid dienone is 5. The Hall–Kier alpha value is -1.81. The number of rotatable bonds is 4. The number of hydrogen-bond acceptors (Lipinski definition) is 2. The van der Waals surface area contributed by atoms with E-state index in [9.17, 15) is 4.79 Å². The smallest absolute Gasteiger partial charge is 0.221 e. The summed E-state index contributed by atoms with van der Waals surface area (Å²) >= 11 is 5.90. The van der Waals surface area contributed by atoms with E-state index < -0.39 is 0 Å². The molecule has 0 fully saturated rings. The van der Waals surface area contributed by atoms with Gasteiger partial charge >= 0.3 is 0 Å². The number of amides is 1. The van der Waals surface area contributed by atoms with Gasteiger partial charge in [-0.05, 0) is 19.1 Å². The third-order valence-corrected chi connectivity index (χ3v) is 2.19. The van der Waals surface area contributed by atoms with Gasteiger partial charge in [-0.25, -0.2) is 4.68 Å². The fourth-order valence-corrected chi connectivity index (χ4v) is 1.37. The molecule has 1 aromatic heterocycles. The molecule has 0 aliphatic heterocycles. The first-order chi connectivity index (χ1) is 8.08. The van der Waals surface area contributed by atoms with Crippen LogP contribution in [0.25, 0.3) is 5.70 Å². The molecule has 0 saturated carbocycles. The number of halogens is 1. The van der Waals surface area contributed by atoms with Crippen molar-refractivity contribution in [2.45, 2.75) is 13.8 Å². The van der Waals surface area contributed by atoms with E-state index in [4.69, 9.17) is 11.6 Å². The number of carbonyl (C=O) groups is 1. The van der Waals surface area contributed by atoms with Crippen LogP contribution in [0.5, 0.6) is 0 Å². The van der Waals surface area contributed by atoms with E-state index in [1.54, 1.807) is 17.0 Å². The molecular weight excluding hydrogens is 238 g/mol. The Bertz CT molecular complexity index is 486. The Morgan fingerprint density at radius 2 is 2.35 bits per heavy atom. The third kappa shape index (κ3) is 3.60. The predicted octanol–water partition coefficient (Wildman–Crippen LogP) is 3.10. The second-order valence-corrected chi connectivity index (χ2v) is 3.64. The van der Waals surface area contributed by atoms with Crippen molar-refractivity contribution in [1.29, 1.82) is 0 Å². The summed E-state index contributed by atoms with van der Waals surface area (Å²) in [6.45, 7) is 7.02. The van der Waals surface area contributed by atoms with Crippen molar-refractivity contribution in [3.63, 3.8) is 0 Å². The molecule has 4 nitrogen and oxygen atoms in total. The van der Waals surface area contributed by atoms with Gasteiger partial charge in [0.1, 0.15) is 0 Å². The van der Waals surface area contributed by atoms with Crippen LogP contribution in [-0.2, 0) is 4.79 Å². The van der Waals surface area contributed by atoms with Crippen LogP contribution in [0.15, 0.2) is 37.1 Å².